The minimum Gasteiger partial charge on any atom is -0.354 e. The second kappa shape index (κ2) is 7.11. The highest BCUT2D eigenvalue weighted by Crippen LogP contribution is 2.25. The lowest BCUT2D eigenvalue weighted by atomic mass is 10.2. The van der Waals surface area contributed by atoms with Gasteiger partial charge in [0.05, 0.1) is 22.4 Å². The Kier molecular flexibility index (Phi) is 5.45. The van der Waals surface area contributed by atoms with Gasteiger partial charge in [0.1, 0.15) is 0 Å². The Labute approximate surface area is 139 Å². The van der Waals surface area contributed by atoms with E-state index in [1.807, 2.05) is 30.8 Å². The monoisotopic (exact) mass is 342 g/mol. The molecular formula is C14H16Cl2N4S. The van der Waals surface area contributed by atoms with Crippen molar-refractivity contribution in [1.82, 2.24) is 15.1 Å². The molecule has 0 amide bonds. The van der Waals surface area contributed by atoms with Crippen molar-refractivity contribution in [3.05, 3.63) is 46.2 Å². The molecular weight excluding hydrogens is 327 g/mol. The molecule has 0 radical (unpaired) electrons. The molecule has 0 saturated heterocycles. The van der Waals surface area contributed by atoms with Crippen LogP contribution in [0.15, 0.2) is 30.5 Å². The van der Waals surface area contributed by atoms with Crippen molar-refractivity contribution in [3.8, 4) is 0 Å². The fourth-order valence-electron chi connectivity index (χ4n) is 1.81. The Bertz CT molecular complexity index is 642. The van der Waals surface area contributed by atoms with Crippen LogP contribution in [0.1, 0.15) is 25.6 Å². The molecule has 2 N–H and O–H groups in total. The van der Waals surface area contributed by atoms with E-state index < -0.39 is 0 Å². The van der Waals surface area contributed by atoms with Crippen LogP contribution < -0.4 is 10.6 Å². The predicted octanol–water partition coefficient (Wildman–Crippen LogP) is 4.26. The molecule has 1 aromatic carbocycles. The molecule has 0 fully saturated rings. The predicted molar refractivity (Wildman–Crippen MR) is 92.1 cm³/mol. The van der Waals surface area contributed by atoms with Crippen molar-refractivity contribution in [3.63, 3.8) is 0 Å². The van der Waals surface area contributed by atoms with Crippen LogP contribution >= 0.6 is 35.4 Å². The van der Waals surface area contributed by atoms with Gasteiger partial charge in [0.15, 0.2) is 5.11 Å². The highest BCUT2D eigenvalue weighted by molar-refractivity contribution is 7.80. The van der Waals surface area contributed by atoms with E-state index in [0.29, 0.717) is 20.8 Å². The molecule has 112 valence electrons. The van der Waals surface area contributed by atoms with Crippen LogP contribution in [-0.4, -0.2) is 14.9 Å². The molecule has 0 spiro atoms. The number of aromatic nitrogens is 2. The molecule has 4 nitrogen and oxygen atoms in total. The van der Waals surface area contributed by atoms with Crippen molar-refractivity contribution in [2.75, 3.05) is 5.32 Å². The molecule has 0 bridgehead atoms. The number of nitrogens with one attached hydrogen (secondary N) is 2. The van der Waals surface area contributed by atoms with Gasteiger partial charge in [0, 0.05) is 17.8 Å². The average Bonchev–Trinajstić information content (AvgIpc) is 2.91. The van der Waals surface area contributed by atoms with Gasteiger partial charge in [-0.05, 0) is 50.3 Å². The summed E-state index contributed by atoms with van der Waals surface area (Å²) >= 11 is 17.3. The Morgan fingerprint density at radius 2 is 2.14 bits per heavy atom. The van der Waals surface area contributed by atoms with Crippen LogP contribution in [-0.2, 0) is 6.54 Å². The van der Waals surface area contributed by atoms with E-state index in [1.165, 1.54) is 0 Å². The number of hydrogen-bond donors (Lipinski definition) is 2. The second-order valence-electron chi connectivity index (χ2n) is 4.54. The molecule has 2 aromatic rings. The Hall–Kier alpha value is -1.30. The summed E-state index contributed by atoms with van der Waals surface area (Å²) in [7, 11) is 0. The van der Waals surface area contributed by atoms with E-state index in [-0.39, 0.29) is 6.04 Å². The standard InChI is InChI=1S/C14H16Cl2N4S/c1-3-20-7-6-12(19-20)9(2)17-14(21)18-13-8-10(15)4-5-11(13)16/h4-9H,3H2,1-2H3,(H2,17,18,21). The van der Waals surface area contributed by atoms with Crippen LogP contribution in [0.3, 0.4) is 0 Å². The number of rotatable bonds is 4. The van der Waals surface area contributed by atoms with E-state index >= 15 is 0 Å². The number of thiocarbonyl (C=S) groups is 1. The summed E-state index contributed by atoms with van der Waals surface area (Å²) in [6, 6.07) is 7.15. The third kappa shape index (κ3) is 4.33. The maximum absolute atomic E-state index is 6.09. The van der Waals surface area contributed by atoms with Gasteiger partial charge in [-0.25, -0.2) is 0 Å². The largest absolute Gasteiger partial charge is 0.354 e. The molecule has 0 aliphatic rings. The van der Waals surface area contributed by atoms with Crippen molar-refractivity contribution in [2.24, 2.45) is 0 Å². The molecule has 2 rings (SSSR count). The lowest BCUT2D eigenvalue weighted by Gasteiger charge is -2.16. The Balaban J connectivity index is 1.99. The molecule has 0 saturated carbocycles. The topological polar surface area (TPSA) is 41.9 Å². The maximum Gasteiger partial charge on any atom is 0.171 e. The van der Waals surface area contributed by atoms with Crippen LogP contribution in [0.4, 0.5) is 5.69 Å². The fraction of sp³-hybridized carbons (Fsp3) is 0.286. The number of aryl methyl sites for hydroxylation is 1. The zero-order valence-electron chi connectivity index (χ0n) is 11.7. The SMILES string of the molecule is CCn1ccc(C(C)NC(=S)Nc2cc(Cl)ccc2Cl)n1. The number of nitrogens with zero attached hydrogens (tertiary/aromatic N) is 2. The van der Waals surface area contributed by atoms with Gasteiger partial charge in [-0.3, -0.25) is 4.68 Å². The molecule has 0 aliphatic carbocycles. The second-order valence-corrected chi connectivity index (χ2v) is 5.79. The molecule has 0 aliphatic heterocycles. The molecule has 1 atom stereocenters. The summed E-state index contributed by atoms with van der Waals surface area (Å²) in [4.78, 5) is 0. The van der Waals surface area contributed by atoms with Crippen LogP contribution in [0.2, 0.25) is 10.0 Å². The first-order chi connectivity index (χ1) is 9.99. The van der Waals surface area contributed by atoms with E-state index in [4.69, 9.17) is 35.4 Å². The zero-order valence-corrected chi connectivity index (χ0v) is 14.1. The summed E-state index contributed by atoms with van der Waals surface area (Å²) < 4.78 is 1.87. The Morgan fingerprint density at radius 3 is 2.81 bits per heavy atom. The van der Waals surface area contributed by atoms with Crippen LogP contribution in [0.5, 0.6) is 0 Å². The highest BCUT2D eigenvalue weighted by atomic mass is 35.5. The normalized spacial score (nSPS) is 12.0. The molecule has 1 heterocycles. The van der Waals surface area contributed by atoms with Gasteiger partial charge in [0.2, 0.25) is 0 Å². The van der Waals surface area contributed by atoms with E-state index in [9.17, 15) is 0 Å². The summed E-state index contributed by atoms with van der Waals surface area (Å²) in [5, 5.41) is 12.3. The summed E-state index contributed by atoms with van der Waals surface area (Å²) in [5.74, 6) is 0. The van der Waals surface area contributed by atoms with Crippen molar-refractivity contribution in [2.45, 2.75) is 26.4 Å². The van der Waals surface area contributed by atoms with Crippen LogP contribution in [0.25, 0.3) is 0 Å². The summed E-state index contributed by atoms with van der Waals surface area (Å²) in [5.41, 5.74) is 1.60. The highest BCUT2D eigenvalue weighted by Gasteiger charge is 2.11. The average molecular weight is 343 g/mol. The minimum absolute atomic E-state index is 0.00393. The third-order valence-electron chi connectivity index (χ3n) is 2.95. The number of hydrogen-bond acceptors (Lipinski definition) is 2. The maximum atomic E-state index is 6.09. The van der Waals surface area contributed by atoms with Crippen molar-refractivity contribution >= 4 is 46.2 Å². The first-order valence-electron chi connectivity index (χ1n) is 6.55. The number of halogens is 2. The smallest absolute Gasteiger partial charge is 0.171 e. The van der Waals surface area contributed by atoms with Gasteiger partial charge in [0.25, 0.3) is 0 Å². The number of benzene rings is 1. The Morgan fingerprint density at radius 1 is 1.38 bits per heavy atom. The zero-order chi connectivity index (χ0) is 15.4. The first kappa shape index (κ1) is 16.1. The molecule has 1 aromatic heterocycles. The van der Waals surface area contributed by atoms with Crippen molar-refractivity contribution in [1.29, 1.82) is 0 Å². The van der Waals surface area contributed by atoms with E-state index in [2.05, 4.69) is 15.7 Å². The number of anilines is 1. The van der Waals surface area contributed by atoms with Gasteiger partial charge in [-0.1, -0.05) is 23.2 Å². The quantitative estimate of drug-likeness (QED) is 0.814. The lowest BCUT2D eigenvalue weighted by Crippen LogP contribution is -2.31. The third-order valence-corrected chi connectivity index (χ3v) is 3.74. The minimum atomic E-state index is -0.00393. The van der Waals surface area contributed by atoms with Gasteiger partial charge in [-0.15, -0.1) is 0 Å². The fourth-order valence-corrected chi connectivity index (χ4v) is 2.43. The van der Waals surface area contributed by atoms with E-state index in [1.54, 1.807) is 18.2 Å². The van der Waals surface area contributed by atoms with Gasteiger partial charge < -0.3 is 10.6 Å². The van der Waals surface area contributed by atoms with Crippen molar-refractivity contribution < 1.29 is 0 Å². The first-order valence-corrected chi connectivity index (χ1v) is 7.72. The molecule has 21 heavy (non-hydrogen) atoms. The molecule has 1 unspecified atom stereocenters. The van der Waals surface area contributed by atoms with E-state index in [0.717, 1.165) is 12.2 Å². The van der Waals surface area contributed by atoms with Crippen LogP contribution in [0, 0.1) is 0 Å². The summed E-state index contributed by atoms with van der Waals surface area (Å²) in [6.45, 7) is 4.88. The lowest BCUT2D eigenvalue weighted by molar-refractivity contribution is 0.613. The molecule has 7 heteroatoms. The van der Waals surface area contributed by atoms with Gasteiger partial charge >= 0.3 is 0 Å². The summed E-state index contributed by atoms with van der Waals surface area (Å²) in [6.07, 6.45) is 1.94. The van der Waals surface area contributed by atoms with Gasteiger partial charge in [-0.2, -0.15) is 5.10 Å².